The number of nitrogens with zero attached hydrogens (tertiary/aromatic N) is 1. The molecule has 1 aromatic rings. The van der Waals surface area contributed by atoms with E-state index in [-0.39, 0.29) is 12.1 Å². The van der Waals surface area contributed by atoms with Gasteiger partial charge in [-0.05, 0) is 24.0 Å². The highest BCUT2D eigenvalue weighted by Crippen LogP contribution is 2.39. The number of carbonyl (C=O) groups excluding carboxylic acids is 1. The third kappa shape index (κ3) is 2.06. The van der Waals surface area contributed by atoms with E-state index in [1.807, 2.05) is 0 Å². The van der Waals surface area contributed by atoms with Crippen molar-refractivity contribution in [2.75, 3.05) is 7.11 Å². The molecule has 0 amide bonds. The number of aryl methyl sites for hydroxylation is 1. The first-order chi connectivity index (χ1) is 8.46. The lowest BCUT2D eigenvalue weighted by atomic mass is 9.89. The van der Waals surface area contributed by atoms with Crippen molar-refractivity contribution in [1.82, 2.24) is 0 Å². The van der Waals surface area contributed by atoms with Gasteiger partial charge in [-0.2, -0.15) is 0 Å². The van der Waals surface area contributed by atoms with Gasteiger partial charge in [0.15, 0.2) is 0 Å². The number of methoxy groups -OCH3 is 1. The van der Waals surface area contributed by atoms with E-state index in [1.165, 1.54) is 19.2 Å². The molecule has 1 aliphatic carbocycles. The van der Waals surface area contributed by atoms with Gasteiger partial charge in [-0.3, -0.25) is 14.9 Å². The molecule has 96 valence electrons. The smallest absolute Gasteiger partial charge is 0.307 e. The highest BCUT2D eigenvalue weighted by Gasteiger charge is 2.38. The maximum absolute atomic E-state index is 11.4. The molecule has 0 bridgehead atoms. The normalized spacial score (nSPS) is 21.4. The van der Waals surface area contributed by atoms with Gasteiger partial charge in [0.2, 0.25) is 0 Å². The van der Waals surface area contributed by atoms with Gasteiger partial charge < -0.3 is 10.5 Å². The number of hydrogen-bond donors (Lipinski definition) is 1. The Morgan fingerprint density at radius 2 is 2.33 bits per heavy atom. The Balaban J connectivity index is 2.38. The number of benzene rings is 1. The quantitative estimate of drug-likeness (QED) is 0.495. The van der Waals surface area contributed by atoms with Crippen LogP contribution in [0.15, 0.2) is 18.2 Å². The predicted octanol–water partition coefficient (Wildman–Crippen LogP) is 1.26. The first-order valence-corrected chi connectivity index (χ1v) is 5.60. The van der Waals surface area contributed by atoms with Crippen LogP contribution in [0.4, 0.5) is 5.69 Å². The fourth-order valence-electron chi connectivity index (χ4n) is 2.37. The summed E-state index contributed by atoms with van der Waals surface area (Å²) in [6.45, 7) is 0. The molecule has 0 saturated carbocycles. The molecule has 18 heavy (non-hydrogen) atoms. The number of ether oxygens (including phenoxy) is 1. The lowest BCUT2D eigenvalue weighted by molar-refractivity contribution is -0.385. The van der Waals surface area contributed by atoms with Crippen LogP contribution in [-0.4, -0.2) is 18.0 Å². The zero-order valence-electron chi connectivity index (χ0n) is 10.0. The Morgan fingerprint density at radius 1 is 1.61 bits per heavy atom. The lowest BCUT2D eigenvalue weighted by Gasteiger charge is -2.23. The van der Waals surface area contributed by atoms with Crippen LogP contribution in [0.2, 0.25) is 0 Å². The largest absolute Gasteiger partial charge is 0.469 e. The van der Waals surface area contributed by atoms with E-state index < -0.39 is 16.4 Å². The fraction of sp³-hybridized carbons (Fsp3) is 0.417. The lowest BCUT2D eigenvalue weighted by Crippen LogP contribution is -2.37. The summed E-state index contributed by atoms with van der Waals surface area (Å²) in [5.41, 5.74) is 6.98. The maximum atomic E-state index is 11.4. The summed E-state index contributed by atoms with van der Waals surface area (Å²) in [4.78, 5) is 21.7. The standard InChI is InChI=1S/C12H14N2O4/c1-18-11(15)7-12(13)5-4-8-2-3-9(14(16)17)6-10(8)12/h2-3,6H,4-5,7,13H2,1H3. The second-order valence-electron chi connectivity index (χ2n) is 4.51. The van der Waals surface area contributed by atoms with E-state index in [0.29, 0.717) is 12.0 Å². The molecule has 0 radical (unpaired) electrons. The van der Waals surface area contributed by atoms with Gasteiger partial charge in [0.1, 0.15) is 0 Å². The molecule has 0 spiro atoms. The SMILES string of the molecule is COC(=O)CC1(N)CCc2ccc([N+](=O)[O-])cc21. The average molecular weight is 250 g/mol. The van der Waals surface area contributed by atoms with Crippen molar-refractivity contribution in [3.05, 3.63) is 39.4 Å². The van der Waals surface area contributed by atoms with Crippen LogP contribution >= 0.6 is 0 Å². The summed E-state index contributed by atoms with van der Waals surface area (Å²) in [6.07, 6.45) is 1.36. The molecule has 0 aliphatic heterocycles. The summed E-state index contributed by atoms with van der Waals surface area (Å²) in [5.74, 6) is -0.406. The molecule has 2 N–H and O–H groups in total. The van der Waals surface area contributed by atoms with Gasteiger partial charge in [0, 0.05) is 12.1 Å². The second kappa shape index (κ2) is 4.38. The molecule has 1 unspecified atom stereocenters. The molecule has 6 nitrogen and oxygen atoms in total. The van der Waals surface area contributed by atoms with E-state index in [4.69, 9.17) is 5.73 Å². The molecular formula is C12H14N2O4. The highest BCUT2D eigenvalue weighted by molar-refractivity contribution is 5.72. The van der Waals surface area contributed by atoms with Gasteiger partial charge in [-0.15, -0.1) is 0 Å². The van der Waals surface area contributed by atoms with E-state index in [9.17, 15) is 14.9 Å². The van der Waals surface area contributed by atoms with Crippen LogP contribution in [0.1, 0.15) is 24.0 Å². The molecule has 1 atom stereocenters. The Hall–Kier alpha value is -1.95. The van der Waals surface area contributed by atoms with Gasteiger partial charge in [-0.25, -0.2) is 0 Å². The highest BCUT2D eigenvalue weighted by atomic mass is 16.6. The number of carbonyl (C=O) groups is 1. The number of non-ortho nitro benzene ring substituents is 1. The Labute approximate surface area is 104 Å². The average Bonchev–Trinajstić information content (AvgIpc) is 2.66. The molecule has 0 saturated heterocycles. The molecule has 0 aromatic heterocycles. The van der Waals surface area contributed by atoms with Crippen molar-refractivity contribution < 1.29 is 14.5 Å². The maximum Gasteiger partial charge on any atom is 0.307 e. The summed E-state index contributed by atoms with van der Waals surface area (Å²) in [5, 5.41) is 10.8. The number of esters is 1. The minimum Gasteiger partial charge on any atom is -0.469 e. The summed E-state index contributed by atoms with van der Waals surface area (Å²) < 4.78 is 4.62. The number of nitro groups is 1. The van der Waals surface area contributed by atoms with Crippen LogP contribution in [0.25, 0.3) is 0 Å². The number of nitrogens with two attached hydrogens (primary N) is 1. The van der Waals surface area contributed by atoms with Crippen molar-refractivity contribution in [3.63, 3.8) is 0 Å². The zero-order valence-corrected chi connectivity index (χ0v) is 10.0. The topological polar surface area (TPSA) is 95.5 Å². The Morgan fingerprint density at radius 3 is 2.94 bits per heavy atom. The fourth-order valence-corrected chi connectivity index (χ4v) is 2.37. The van der Waals surface area contributed by atoms with E-state index in [2.05, 4.69) is 4.74 Å². The van der Waals surface area contributed by atoms with E-state index in [0.717, 1.165) is 12.0 Å². The number of fused-ring (bicyclic) bond motifs is 1. The molecular weight excluding hydrogens is 236 g/mol. The number of hydrogen-bond acceptors (Lipinski definition) is 5. The van der Waals surface area contributed by atoms with Crippen molar-refractivity contribution in [2.45, 2.75) is 24.8 Å². The first kappa shape index (κ1) is 12.5. The molecule has 1 aromatic carbocycles. The van der Waals surface area contributed by atoms with Gasteiger partial charge in [-0.1, -0.05) is 6.07 Å². The minimum absolute atomic E-state index is 0.00431. The number of rotatable bonds is 3. The third-order valence-electron chi connectivity index (χ3n) is 3.37. The van der Waals surface area contributed by atoms with Crippen LogP contribution in [0.3, 0.4) is 0 Å². The van der Waals surface area contributed by atoms with Crippen molar-refractivity contribution >= 4 is 11.7 Å². The summed E-state index contributed by atoms with van der Waals surface area (Å²) >= 11 is 0. The first-order valence-electron chi connectivity index (χ1n) is 5.60. The van der Waals surface area contributed by atoms with Crippen LogP contribution in [0, 0.1) is 10.1 Å². The summed E-state index contributed by atoms with van der Waals surface area (Å²) in [7, 11) is 1.30. The molecule has 0 heterocycles. The van der Waals surface area contributed by atoms with Gasteiger partial charge in [0.25, 0.3) is 5.69 Å². The molecule has 1 aliphatic rings. The van der Waals surface area contributed by atoms with Gasteiger partial charge in [0.05, 0.1) is 24.0 Å². The van der Waals surface area contributed by atoms with Gasteiger partial charge >= 0.3 is 5.97 Å². The number of nitro benzene ring substituents is 1. The van der Waals surface area contributed by atoms with Crippen molar-refractivity contribution in [1.29, 1.82) is 0 Å². The zero-order chi connectivity index (χ0) is 13.3. The molecule has 0 fully saturated rings. The molecule has 2 rings (SSSR count). The van der Waals surface area contributed by atoms with E-state index in [1.54, 1.807) is 6.07 Å². The second-order valence-corrected chi connectivity index (χ2v) is 4.51. The van der Waals surface area contributed by atoms with Crippen LogP contribution < -0.4 is 5.73 Å². The van der Waals surface area contributed by atoms with E-state index >= 15 is 0 Å². The molecule has 6 heteroatoms. The van der Waals surface area contributed by atoms with Crippen molar-refractivity contribution in [3.8, 4) is 0 Å². The van der Waals surface area contributed by atoms with Crippen molar-refractivity contribution in [2.24, 2.45) is 5.73 Å². The predicted molar refractivity (Wildman–Crippen MR) is 63.9 cm³/mol. The minimum atomic E-state index is -0.853. The Kier molecular flexibility index (Phi) is 3.04. The summed E-state index contributed by atoms with van der Waals surface area (Å²) in [6, 6.07) is 4.63. The van der Waals surface area contributed by atoms with Crippen LogP contribution in [-0.2, 0) is 21.5 Å². The van der Waals surface area contributed by atoms with Crippen LogP contribution in [0.5, 0.6) is 0 Å². The third-order valence-corrected chi connectivity index (χ3v) is 3.37. The Bertz CT molecular complexity index is 515. The monoisotopic (exact) mass is 250 g/mol.